The number of hydrogen-bond donors (Lipinski definition) is 1. The van der Waals surface area contributed by atoms with Crippen LogP contribution < -0.4 is 5.32 Å². The van der Waals surface area contributed by atoms with Crippen LogP contribution in [0.3, 0.4) is 0 Å². The van der Waals surface area contributed by atoms with Gasteiger partial charge in [0.15, 0.2) is 5.11 Å². The van der Waals surface area contributed by atoms with Crippen molar-refractivity contribution >= 4 is 35.0 Å². The first-order chi connectivity index (χ1) is 9.58. The van der Waals surface area contributed by atoms with E-state index < -0.39 is 4.92 Å². The third-order valence-electron chi connectivity index (χ3n) is 3.25. The molecule has 7 heteroatoms. The van der Waals surface area contributed by atoms with Gasteiger partial charge in [0.2, 0.25) is 0 Å². The molecule has 102 valence electrons. The maximum absolute atomic E-state index is 12.2. The Morgan fingerprint density at radius 1 is 1.40 bits per heavy atom. The van der Waals surface area contributed by atoms with Crippen molar-refractivity contribution in [3.05, 3.63) is 45.6 Å². The van der Waals surface area contributed by atoms with Gasteiger partial charge < -0.3 is 5.32 Å². The first-order valence-electron chi connectivity index (χ1n) is 6.17. The molecule has 0 unspecified atom stereocenters. The summed E-state index contributed by atoms with van der Waals surface area (Å²) >= 11 is 5.13. The lowest BCUT2D eigenvalue weighted by atomic mass is 10.1. The van der Waals surface area contributed by atoms with Crippen LogP contribution in [0.1, 0.15) is 18.4 Å². The average molecular weight is 289 g/mol. The summed E-state index contributed by atoms with van der Waals surface area (Å²) in [5, 5.41) is 14.2. The Bertz CT molecular complexity index is 652. The molecule has 1 amide bonds. The Morgan fingerprint density at radius 2 is 2.10 bits per heavy atom. The largest absolute Gasteiger partial charge is 0.328 e. The van der Waals surface area contributed by atoms with E-state index in [0.717, 1.165) is 12.8 Å². The molecule has 1 aromatic carbocycles. The molecule has 1 N–H and O–H groups in total. The van der Waals surface area contributed by atoms with E-state index in [1.165, 1.54) is 12.1 Å². The van der Waals surface area contributed by atoms with Crippen LogP contribution in [0.15, 0.2) is 30.0 Å². The quantitative estimate of drug-likeness (QED) is 0.397. The summed E-state index contributed by atoms with van der Waals surface area (Å²) < 4.78 is 0. The van der Waals surface area contributed by atoms with Crippen LogP contribution in [-0.4, -0.2) is 26.9 Å². The number of rotatable bonds is 3. The van der Waals surface area contributed by atoms with Crippen LogP contribution in [0.2, 0.25) is 0 Å². The molecule has 1 saturated carbocycles. The van der Waals surface area contributed by atoms with Crippen LogP contribution >= 0.6 is 12.2 Å². The highest BCUT2D eigenvalue weighted by atomic mass is 32.1. The second kappa shape index (κ2) is 4.68. The summed E-state index contributed by atoms with van der Waals surface area (Å²) in [6.07, 6.45) is 3.38. The highest BCUT2D eigenvalue weighted by molar-refractivity contribution is 7.80. The van der Waals surface area contributed by atoms with Gasteiger partial charge in [-0.05, 0) is 37.2 Å². The number of para-hydroxylation sites is 1. The van der Waals surface area contributed by atoms with Crippen molar-refractivity contribution in [3.8, 4) is 0 Å². The molecule has 1 aliphatic carbocycles. The summed E-state index contributed by atoms with van der Waals surface area (Å²) in [7, 11) is 0. The molecule has 1 saturated heterocycles. The van der Waals surface area contributed by atoms with Gasteiger partial charge in [-0.15, -0.1) is 0 Å². The number of carbonyl (C=O) groups excluding carboxylic acids is 1. The molecule has 2 fully saturated rings. The van der Waals surface area contributed by atoms with Crippen molar-refractivity contribution in [3.63, 3.8) is 0 Å². The standard InChI is InChI=1S/C13H11N3O3S/c17-12-10(14-13(20)15(12)9-5-6-9)7-8-3-1-2-4-11(8)16(18)19/h1-4,7,9H,5-6H2,(H,14,20)/b10-7+. The molecule has 2 aliphatic rings. The van der Waals surface area contributed by atoms with Gasteiger partial charge in [-0.3, -0.25) is 19.8 Å². The van der Waals surface area contributed by atoms with E-state index in [1.807, 2.05) is 0 Å². The summed E-state index contributed by atoms with van der Waals surface area (Å²) in [5.41, 5.74) is 0.635. The van der Waals surface area contributed by atoms with E-state index in [4.69, 9.17) is 12.2 Å². The van der Waals surface area contributed by atoms with Gasteiger partial charge in [-0.2, -0.15) is 0 Å². The first-order valence-corrected chi connectivity index (χ1v) is 6.58. The van der Waals surface area contributed by atoms with E-state index in [9.17, 15) is 14.9 Å². The number of nitro groups is 1. The van der Waals surface area contributed by atoms with Crippen LogP contribution in [0.4, 0.5) is 5.69 Å². The van der Waals surface area contributed by atoms with Crippen molar-refractivity contribution in [1.82, 2.24) is 10.2 Å². The number of thiocarbonyl (C=S) groups is 1. The normalized spacial score (nSPS) is 20.4. The lowest BCUT2D eigenvalue weighted by Gasteiger charge is -2.11. The third kappa shape index (κ3) is 2.16. The van der Waals surface area contributed by atoms with E-state index in [0.29, 0.717) is 10.7 Å². The Morgan fingerprint density at radius 3 is 2.75 bits per heavy atom. The average Bonchev–Trinajstić information content (AvgIpc) is 3.19. The van der Waals surface area contributed by atoms with Gasteiger partial charge in [0.1, 0.15) is 5.70 Å². The Balaban J connectivity index is 1.95. The molecule has 1 aliphatic heterocycles. The van der Waals surface area contributed by atoms with E-state index in [-0.39, 0.29) is 23.3 Å². The summed E-state index contributed by atoms with van der Waals surface area (Å²) in [5.74, 6) is -0.212. The Labute approximate surface area is 120 Å². The molecule has 0 aromatic heterocycles. The van der Waals surface area contributed by atoms with Crippen LogP contribution in [-0.2, 0) is 4.79 Å². The minimum absolute atomic E-state index is 0.0367. The lowest BCUT2D eigenvalue weighted by molar-refractivity contribution is -0.385. The van der Waals surface area contributed by atoms with Gasteiger partial charge in [-0.1, -0.05) is 12.1 Å². The van der Waals surface area contributed by atoms with Gasteiger partial charge in [0.25, 0.3) is 11.6 Å². The highest BCUT2D eigenvalue weighted by Crippen LogP contribution is 2.31. The Kier molecular flexibility index (Phi) is 2.98. The fourth-order valence-corrected chi connectivity index (χ4v) is 2.49. The molecule has 0 bridgehead atoms. The molecule has 20 heavy (non-hydrogen) atoms. The second-order valence-electron chi connectivity index (χ2n) is 4.71. The SMILES string of the molecule is O=C1/C(=C\c2ccccc2[N+](=O)[O-])NC(=S)N1C1CC1. The molecular weight excluding hydrogens is 278 g/mol. The summed E-state index contributed by atoms with van der Waals surface area (Å²) in [6.45, 7) is 0. The maximum atomic E-state index is 12.2. The number of nitrogens with one attached hydrogen (secondary N) is 1. The van der Waals surface area contributed by atoms with Gasteiger partial charge in [-0.25, -0.2) is 0 Å². The van der Waals surface area contributed by atoms with E-state index in [1.54, 1.807) is 23.1 Å². The summed E-state index contributed by atoms with van der Waals surface area (Å²) in [4.78, 5) is 24.3. The van der Waals surface area contributed by atoms with Crippen molar-refractivity contribution in [2.75, 3.05) is 0 Å². The highest BCUT2D eigenvalue weighted by Gasteiger charge is 2.41. The number of amides is 1. The minimum Gasteiger partial charge on any atom is -0.328 e. The second-order valence-corrected chi connectivity index (χ2v) is 5.10. The first kappa shape index (κ1) is 12.7. The summed E-state index contributed by atoms with van der Waals surface area (Å²) in [6, 6.07) is 6.46. The monoisotopic (exact) mass is 289 g/mol. The number of carbonyl (C=O) groups is 1. The van der Waals surface area contributed by atoms with E-state index >= 15 is 0 Å². The van der Waals surface area contributed by atoms with Gasteiger partial charge >= 0.3 is 0 Å². The lowest BCUT2D eigenvalue weighted by Crippen LogP contribution is -2.32. The number of hydrogen-bond acceptors (Lipinski definition) is 4. The zero-order valence-electron chi connectivity index (χ0n) is 10.4. The predicted octanol–water partition coefficient (Wildman–Crippen LogP) is 1.81. The minimum atomic E-state index is -0.469. The number of nitro benzene ring substituents is 1. The van der Waals surface area contributed by atoms with Gasteiger partial charge in [0.05, 0.1) is 10.5 Å². The molecule has 0 radical (unpaired) electrons. The van der Waals surface area contributed by atoms with Crippen LogP contribution in [0.25, 0.3) is 6.08 Å². The van der Waals surface area contributed by atoms with Crippen molar-refractivity contribution < 1.29 is 9.72 Å². The number of benzene rings is 1. The van der Waals surface area contributed by atoms with Gasteiger partial charge in [0, 0.05) is 12.1 Å². The zero-order valence-corrected chi connectivity index (χ0v) is 11.2. The molecule has 0 spiro atoms. The molecule has 1 heterocycles. The van der Waals surface area contributed by atoms with E-state index in [2.05, 4.69) is 5.32 Å². The van der Waals surface area contributed by atoms with Crippen LogP contribution in [0.5, 0.6) is 0 Å². The zero-order chi connectivity index (χ0) is 14.3. The molecule has 6 nitrogen and oxygen atoms in total. The Hall–Kier alpha value is -2.28. The molecule has 0 atom stereocenters. The third-order valence-corrected chi connectivity index (χ3v) is 3.55. The van der Waals surface area contributed by atoms with Crippen molar-refractivity contribution in [1.29, 1.82) is 0 Å². The fraction of sp³-hybridized carbons (Fsp3) is 0.231. The predicted molar refractivity (Wildman–Crippen MR) is 76.7 cm³/mol. The van der Waals surface area contributed by atoms with Crippen LogP contribution in [0, 0.1) is 10.1 Å². The molecule has 1 aromatic rings. The number of nitrogens with zero attached hydrogens (tertiary/aromatic N) is 2. The topological polar surface area (TPSA) is 75.5 Å². The fourth-order valence-electron chi connectivity index (χ4n) is 2.14. The smallest absolute Gasteiger partial charge is 0.276 e. The van der Waals surface area contributed by atoms with Crippen molar-refractivity contribution in [2.45, 2.75) is 18.9 Å². The maximum Gasteiger partial charge on any atom is 0.276 e. The molecular formula is C13H11N3O3S. The van der Waals surface area contributed by atoms with Crippen molar-refractivity contribution in [2.24, 2.45) is 0 Å². The molecule has 3 rings (SSSR count).